The highest BCUT2D eigenvalue weighted by Crippen LogP contribution is 2.36. The van der Waals surface area contributed by atoms with Crippen LogP contribution in [0.4, 0.5) is 30.8 Å². The van der Waals surface area contributed by atoms with Crippen LogP contribution in [0, 0.1) is 5.92 Å². The summed E-state index contributed by atoms with van der Waals surface area (Å²) in [7, 11) is 0. The average molecular weight is 475 g/mol. The summed E-state index contributed by atoms with van der Waals surface area (Å²) in [6, 6.07) is 6.45. The van der Waals surface area contributed by atoms with Gasteiger partial charge in [0, 0.05) is 16.8 Å². The molecule has 0 unspecified atom stereocenters. The number of thioether (sulfide) groups is 1. The van der Waals surface area contributed by atoms with Crippen molar-refractivity contribution in [1.82, 2.24) is 19.9 Å². The van der Waals surface area contributed by atoms with Crippen LogP contribution in [-0.4, -0.2) is 50.3 Å². The van der Waals surface area contributed by atoms with E-state index in [1.165, 1.54) is 0 Å². The third kappa shape index (κ3) is 7.42. The zero-order valence-electron chi connectivity index (χ0n) is 16.7. The molecule has 3 rings (SSSR count). The molecule has 0 radical (unpaired) electrons. The van der Waals surface area contributed by atoms with E-state index in [-0.39, 0.29) is 29.3 Å². The molecule has 0 spiro atoms. The van der Waals surface area contributed by atoms with Gasteiger partial charge in [0.15, 0.2) is 0 Å². The van der Waals surface area contributed by atoms with Crippen molar-refractivity contribution in [1.29, 1.82) is 0 Å². The lowest BCUT2D eigenvalue weighted by Crippen LogP contribution is -2.46. The average Bonchev–Trinajstić information content (AvgIpc) is 3.51. The molecule has 1 heterocycles. The molecule has 2 aromatic rings. The number of nitrogen functional groups attached to an aromatic ring is 1. The van der Waals surface area contributed by atoms with Gasteiger partial charge >= 0.3 is 6.18 Å². The molecule has 1 atom stereocenters. The fraction of sp³-hybridized carbons (Fsp3) is 0.474. The van der Waals surface area contributed by atoms with Crippen molar-refractivity contribution in [3.8, 4) is 0 Å². The Labute approximate surface area is 187 Å². The third-order valence-electron chi connectivity index (χ3n) is 4.72. The molecule has 168 valence electrons. The van der Waals surface area contributed by atoms with E-state index >= 15 is 0 Å². The van der Waals surface area contributed by atoms with Crippen molar-refractivity contribution in [2.75, 3.05) is 23.3 Å². The van der Waals surface area contributed by atoms with Crippen LogP contribution in [0.25, 0.3) is 0 Å². The van der Waals surface area contributed by atoms with Gasteiger partial charge in [-0.25, -0.2) is 0 Å². The van der Waals surface area contributed by atoms with Gasteiger partial charge < -0.3 is 16.0 Å². The van der Waals surface area contributed by atoms with Gasteiger partial charge in [-0.05, 0) is 49.9 Å². The van der Waals surface area contributed by atoms with Crippen LogP contribution < -0.4 is 11.1 Å². The van der Waals surface area contributed by atoms with Gasteiger partial charge in [-0.3, -0.25) is 4.79 Å². The van der Waals surface area contributed by atoms with Crippen LogP contribution in [0.15, 0.2) is 24.3 Å². The number of amides is 1. The molecule has 1 fully saturated rings. The van der Waals surface area contributed by atoms with E-state index in [4.69, 9.17) is 17.3 Å². The fourth-order valence-corrected chi connectivity index (χ4v) is 3.90. The Bertz CT molecular complexity index is 911. The molecular formula is C19H22ClF3N6OS. The Balaban J connectivity index is 1.59. The standard InChI is InChI=1S/C19H22ClF3N6OS/c1-11(12-2-3-12)29(10-19(21,22)23)16(30)9-31-8-15-26-17(24)28-18(27-15)25-14-6-4-13(20)5-7-14/h4-7,11-12H,2-3,8-10H2,1H3,(H3,24,25,26,27,28)/t11-/m1/s1. The second-order valence-electron chi connectivity index (χ2n) is 7.27. The van der Waals surface area contributed by atoms with E-state index in [1.54, 1.807) is 31.2 Å². The largest absolute Gasteiger partial charge is 0.406 e. The predicted molar refractivity (Wildman–Crippen MR) is 115 cm³/mol. The number of hydrogen-bond donors (Lipinski definition) is 2. The zero-order valence-corrected chi connectivity index (χ0v) is 18.3. The normalized spacial score (nSPS) is 14.9. The number of halogens is 4. The molecule has 0 aliphatic heterocycles. The molecule has 7 nitrogen and oxygen atoms in total. The first-order chi connectivity index (χ1) is 14.6. The van der Waals surface area contributed by atoms with E-state index in [0.717, 1.165) is 29.5 Å². The number of carbonyl (C=O) groups excluding carboxylic acids is 1. The maximum atomic E-state index is 12.9. The molecule has 1 aromatic heterocycles. The number of nitrogens with two attached hydrogens (primary N) is 1. The minimum atomic E-state index is -4.44. The van der Waals surface area contributed by atoms with E-state index in [9.17, 15) is 18.0 Å². The lowest BCUT2D eigenvalue weighted by molar-refractivity contribution is -0.164. The van der Waals surface area contributed by atoms with Crippen LogP contribution in [0.5, 0.6) is 0 Å². The van der Waals surface area contributed by atoms with Gasteiger partial charge in [-0.1, -0.05) is 11.6 Å². The summed E-state index contributed by atoms with van der Waals surface area (Å²) >= 11 is 6.99. The molecule has 0 bridgehead atoms. The molecule has 3 N–H and O–H groups in total. The summed E-state index contributed by atoms with van der Waals surface area (Å²) in [6.45, 7) is 0.436. The van der Waals surface area contributed by atoms with Crippen LogP contribution in [0.1, 0.15) is 25.6 Å². The molecular weight excluding hydrogens is 453 g/mol. The Kier molecular flexibility index (Phi) is 7.47. The summed E-state index contributed by atoms with van der Waals surface area (Å²) in [6.07, 6.45) is -2.73. The number of rotatable bonds is 9. The monoisotopic (exact) mass is 474 g/mol. The Morgan fingerprint density at radius 1 is 1.29 bits per heavy atom. The van der Waals surface area contributed by atoms with Crippen molar-refractivity contribution in [3.05, 3.63) is 35.1 Å². The summed E-state index contributed by atoms with van der Waals surface area (Å²) < 4.78 is 38.8. The molecule has 12 heteroatoms. The summed E-state index contributed by atoms with van der Waals surface area (Å²) in [5, 5.41) is 3.56. The first kappa shape index (κ1) is 23.4. The SMILES string of the molecule is C[C@H](C1CC1)N(CC(F)(F)F)C(=O)CSCc1nc(N)nc(Nc2ccc(Cl)cc2)n1. The van der Waals surface area contributed by atoms with Crippen LogP contribution in [-0.2, 0) is 10.5 Å². The summed E-state index contributed by atoms with van der Waals surface area (Å²) in [5.74, 6) is 0.209. The molecule has 1 saturated carbocycles. The zero-order chi connectivity index (χ0) is 22.6. The molecule has 1 aliphatic carbocycles. The van der Waals surface area contributed by atoms with Crippen molar-refractivity contribution in [2.45, 2.75) is 37.7 Å². The van der Waals surface area contributed by atoms with Crippen molar-refractivity contribution in [3.63, 3.8) is 0 Å². The highest BCUT2D eigenvalue weighted by molar-refractivity contribution is 7.99. The van der Waals surface area contributed by atoms with Crippen molar-refractivity contribution in [2.24, 2.45) is 5.92 Å². The number of anilines is 3. The fourth-order valence-electron chi connectivity index (χ4n) is 3.02. The number of alkyl halides is 3. The Hall–Kier alpha value is -2.27. The van der Waals surface area contributed by atoms with E-state index < -0.39 is 24.7 Å². The molecule has 0 saturated heterocycles. The summed E-state index contributed by atoms with van der Waals surface area (Å²) in [4.78, 5) is 25.7. The quantitative estimate of drug-likeness (QED) is 0.560. The number of carbonyl (C=O) groups is 1. The van der Waals surface area contributed by atoms with Gasteiger partial charge in [0.2, 0.25) is 17.8 Å². The lowest BCUT2D eigenvalue weighted by Gasteiger charge is -2.30. The lowest BCUT2D eigenvalue weighted by atomic mass is 10.2. The molecule has 31 heavy (non-hydrogen) atoms. The summed E-state index contributed by atoms with van der Waals surface area (Å²) in [5.41, 5.74) is 6.43. The van der Waals surface area contributed by atoms with Gasteiger partial charge in [-0.2, -0.15) is 28.1 Å². The van der Waals surface area contributed by atoms with Gasteiger partial charge in [-0.15, -0.1) is 11.8 Å². The minimum absolute atomic E-state index is 0.00514. The smallest absolute Gasteiger partial charge is 0.368 e. The van der Waals surface area contributed by atoms with E-state index in [2.05, 4.69) is 20.3 Å². The predicted octanol–water partition coefficient (Wildman–Crippen LogP) is 4.27. The van der Waals surface area contributed by atoms with Crippen LogP contribution in [0.3, 0.4) is 0 Å². The topological polar surface area (TPSA) is 97.0 Å². The molecule has 1 aliphatic rings. The molecule has 1 amide bonds. The second-order valence-corrected chi connectivity index (χ2v) is 8.70. The van der Waals surface area contributed by atoms with Gasteiger partial charge in [0.05, 0.1) is 11.5 Å². The van der Waals surface area contributed by atoms with Gasteiger partial charge in [0.1, 0.15) is 12.4 Å². The highest BCUT2D eigenvalue weighted by atomic mass is 35.5. The number of hydrogen-bond acceptors (Lipinski definition) is 7. The minimum Gasteiger partial charge on any atom is -0.368 e. The Morgan fingerprint density at radius 3 is 2.58 bits per heavy atom. The van der Waals surface area contributed by atoms with Crippen molar-refractivity contribution >= 4 is 46.9 Å². The second kappa shape index (κ2) is 9.90. The third-order valence-corrected chi connectivity index (χ3v) is 5.89. The number of aromatic nitrogens is 3. The van der Waals surface area contributed by atoms with Crippen molar-refractivity contribution < 1.29 is 18.0 Å². The first-order valence-electron chi connectivity index (χ1n) is 9.57. The van der Waals surface area contributed by atoms with Gasteiger partial charge in [0.25, 0.3) is 0 Å². The van der Waals surface area contributed by atoms with E-state index in [0.29, 0.717) is 16.5 Å². The highest BCUT2D eigenvalue weighted by Gasteiger charge is 2.40. The maximum absolute atomic E-state index is 12.9. The number of benzene rings is 1. The number of nitrogens with one attached hydrogen (secondary N) is 1. The molecule has 1 aromatic carbocycles. The maximum Gasteiger partial charge on any atom is 0.406 e. The van der Waals surface area contributed by atoms with Crippen LogP contribution >= 0.6 is 23.4 Å². The Morgan fingerprint density at radius 2 is 1.97 bits per heavy atom. The first-order valence-corrected chi connectivity index (χ1v) is 11.1. The number of nitrogens with zero attached hydrogens (tertiary/aromatic N) is 4. The van der Waals surface area contributed by atoms with E-state index in [1.807, 2.05) is 0 Å². The van der Waals surface area contributed by atoms with Crippen LogP contribution in [0.2, 0.25) is 5.02 Å².